The van der Waals surface area contributed by atoms with Crippen molar-refractivity contribution in [2.75, 3.05) is 0 Å². The lowest BCUT2D eigenvalue weighted by molar-refractivity contribution is -0.269. The highest BCUT2D eigenvalue weighted by Crippen LogP contribution is 2.40. The molecule has 0 aliphatic carbocycles. The molecule has 8 nitrogen and oxygen atoms in total. The average molecular weight is 410 g/mol. The lowest BCUT2D eigenvalue weighted by Gasteiger charge is -2.26. The maximum atomic E-state index is 13.2. The number of aliphatic hydroxyl groups is 1. The van der Waals surface area contributed by atoms with Crippen molar-refractivity contribution < 1.29 is 33.0 Å². The third-order valence-electron chi connectivity index (χ3n) is 4.69. The molecule has 154 valence electrons. The molecule has 0 spiro atoms. The number of hydrogen-bond acceptors (Lipinski definition) is 5. The molecule has 0 amide bonds. The number of halogens is 3. The number of carbonyl (C=O) groups excluding carboxylic acids is 1. The second-order valence-electron chi connectivity index (χ2n) is 6.61. The van der Waals surface area contributed by atoms with Crippen molar-refractivity contribution >= 4 is 17.3 Å². The zero-order chi connectivity index (χ0) is 21.6. The number of carbonyl (C=O) groups is 2. The van der Waals surface area contributed by atoms with Crippen LogP contribution in [-0.2, 0) is 12.1 Å². The Morgan fingerprint density at radius 3 is 2.48 bits per heavy atom. The van der Waals surface area contributed by atoms with Gasteiger partial charge in [-0.2, -0.15) is 13.2 Å². The third kappa shape index (κ3) is 3.48. The van der Waals surface area contributed by atoms with E-state index >= 15 is 0 Å². The van der Waals surface area contributed by atoms with Gasteiger partial charge in [-0.15, -0.1) is 5.10 Å². The highest BCUT2D eigenvalue weighted by atomic mass is 19.4. The minimum Gasteiger partial charge on any atom is -0.478 e. The van der Waals surface area contributed by atoms with Crippen LogP contribution in [0.1, 0.15) is 52.4 Å². The van der Waals surface area contributed by atoms with E-state index in [1.807, 2.05) is 0 Å². The van der Waals surface area contributed by atoms with Gasteiger partial charge in [0, 0.05) is 18.6 Å². The Balaban J connectivity index is 1.95. The molecule has 2 N–H and O–H groups in total. The molecule has 0 fully saturated rings. The number of nitrogens with zero attached hydrogens (tertiary/aromatic N) is 4. The van der Waals surface area contributed by atoms with Crippen LogP contribution < -0.4 is 0 Å². The molecule has 0 aliphatic rings. The van der Waals surface area contributed by atoms with Crippen LogP contribution in [0.4, 0.5) is 13.2 Å². The Kier molecular flexibility index (Phi) is 4.95. The lowest BCUT2D eigenvalue weighted by Crippen LogP contribution is -2.42. The summed E-state index contributed by atoms with van der Waals surface area (Å²) >= 11 is 0. The van der Waals surface area contributed by atoms with Crippen LogP contribution in [0.15, 0.2) is 30.6 Å². The maximum absolute atomic E-state index is 13.2. The first-order valence-electron chi connectivity index (χ1n) is 8.56. The molecular weight excluding hydrogens is 393 g/mol. The Hall–Kier alpha value is -3.21. The molecular formula is C18H17F3N4O4. The van der Waals surface area contributed by atoms with E-state index in [-0.39, 0.29) is 17.8 Å². The predicted molar refractivity (Wildman–Crippen MR) is 93.7 cm³/mol. The van der Waals surface area contributed by atoms with E-state index in [0.717, 1.165) is 10.9 Å². The Labute approximate surface area is 162 Å². The zero-order valence-electron chi connectivity index (χ0n) is 15.4. The molecule has 0 saturated heterocycles. The molecule has 1 unspecified atom stereocenters. The largest absolute Gasteiger partial charge is 0.478 e. The van der Waals surface area contributed by atoms with Gasteiger partial charge >= 0.3 is 12.1 Å². The number of aromatic nitrogens is 4. The number of aromatic carboxylic acids is 1. The number of pyridine rings is 1. The summed E-state index contributed by atoms with van der Waals surface area (Å²) in [7, 11) is 0. The standard InChI is InChI=1S/C18H17F3N4O4/c1-3-17(29,18(19,20)21)14-9-24(23-22-14)8-11-4-5-25-12(6-11)7-13(16(27)28)15(25)10(2)26/h4-7,9,29H,3,8H2,1-2H3,(H,27,28). The fourth-order valence-corrected chi connectivity index (χ4v) is 3.12. The van der Waals surface area contributed by atoms with E-state index < -0.39 is 35.6 Å². The van der Waals surface area contributed by atoms with Crippen LogP contribution in [0.25, 0.3) is 5.52 Å². The second kappa shape index (κ2) is 6.99. The Bertz CT molecular complexity index is 1100. The highest BCUT2D eigenvalue weighted by molar-refractivity contribution is 6.05. The number of alkyl halides is 3. The van der Waals surface area contributed by atoms with Crippen molar-refractivity contribution in [3.63, 3.8) is 0 Å². The summed E-state index contributed by atoms with van der Waals surface area (Å²) in [4.78, 5) is 23.2. The molecule has 1 atom stereocenters. The summed E-state index contributed by atoms with van der Waals surface area (Å²) in [6.07, 6.45) is -2.99. The van der Waals surface area contributed by atoms with Crippen molar-refractivity contribution in [3.8, 4) is 0 Å². The fourth-order valence-electron chi connectivity index (χ4n) is 3.12. The molecule has 0 aliphatic heterocycles. The van der Waals surface area contributed by atoms with Crippen LogP contribution in [0.3, 0.4) is 0 Å². The fraction of sp³-hybridized carbons (Fsp3) is 0.333. The molecule has 0 radical (unpaired) electrons. The second-order valence-corrected chi connectivity index (χ2v) is 6.61. The first kappa shape index (κ1) is 20.5. The SMILES string of the molecule is CCC(O)(c1cn(Cc2ccn3c(C(C)=O)c(C(=O)O)cc3c2)nn1)C(F)(F)F. The van der Waals surface area contributed by atoms with Crippen LogP contribution >= 0.6 is 0 Å². The quantitative estimate of drug-likeness (QED) is 0.605. The van der Waals surface area contributed by atoms with Crippen LogP contribution in [-0.4, -0.2) is 47.5 Å². The van der Waals surface area contributed by atoms with E-state index in [0.29, 0.717) is 11.1 Å². The molecule has 3 rings (SSSR count). The molecule has 3 heterocycles. The van der Waals surface area contributed by atoms with Crippen molar-refractivity contribution in [2.45, 2.75) is 38.6 Å². The number of ketones is 1. The van der Waals surface area contributed by atoms with Gasteiger partial charge in [-0.3, -0.25) is 4.79 Å². The first-order chi connectivity index (χ1) is 13.5. The van der Waals surface area contributed by atoms with Crippen LogP contribution in [0.2, 0.25) is 0 Å². The number of fused-ring (bicyclic) bond motifs is 1. The summed E-state index contributed by atoms with van der Waals surface area (Å²) < 4.78 is 42.1. The van der Waals surface area contributed by atoms with Gasteiger partial charge in [0.15, 0.2) is 5.78 Å². The summed E-state index contributed by atoms with van der Waals surface area (Å²) in [5.74, 6) is -1.66. The summed E-state index contributed by atoms with van der Waals surface area (Å²) in [5, 5.41) is 26.4. The minimum absolute atomic E-state index is 0.0280. The Morgan fingerprint density at radius 1 is 1.24 bits per heavy atom. The Morgan fingerprint density at radius 2 is 1.93 bits per heavy atom. The molecule has 29 heavy (non-hydrogen) atoms. The van der Waals surface area contributed by atoms with Gasteiger partial charge < -0.3 is 14.6 Å². The van der Waals surface area contributed by atoms with E-state index in [4.69, 9.17) is 0 Å². The number of carboxylic acid groups (broad SMARTS) is 1. The first-order valence-corrected chi connectivity index (χ1v) is 8.56. The van der Waals surface area contributed by atoms with Crippen molar-refractivity contribution in [2.24, 2.45) is 0 Å². The van der Waals surface area contributed by atoms with Crippen molar-refractivity contribution in [1.29, 1.82) is 0 Å². The summed E-state index contributed by atoms with van der Waals surface area (Å²) in [6, 6.07) is 4.52. The molecule has 0 aromatic carbocycles. The van der Waals surface area contributed by atoms with E-state index in [1.54, 1.807) is 12.1 Å². The third-order valence-corrected chi connectivity index (χ3v) is 4.69. The van der Waals surface area contributed by atoms with Gasteiger partial charge in [0.2, 0.25) is 5.60 Å². The molecule has 11 heteroatoms. The van der Waals surface area contributed by atoms with Gasteiger partial charge in [-0.1, -0.05) is 12.1 Å². The highest BCUT2D eigenvalue weighted by Gasteiger charge is 2.55. The summed E-state index contributed by atoms with van der Waals surface area (Å²) in [5.41, 5.74) is -2.79. The van der Waals surface area contributed by atoms with Crippen LogP contribution in [0, 0.1) is 0 Å². The van der Waals surface area contributed by atoms with Gasteiger partial charge in [-0.25, -0.2) is 9.48 Å². The smallest absolute Gasteiger partial charge is 0.423 e. The van der Waals surface area contributed by atoms with Crippen molar-refractivity contribution in [1.82, 2.24) is 19.4 Å². The zero-order valence-corrected chi connectivity index (χ0v) is 15.4. The van der Waals surface area contributed by atoms with E-state index in [1.165, 1.54) is 30.5 Å². The number of rotatable bonds is 6. The van der Waals surface area contributed by atoms with Crippen LogP contribution in [0.5, 0.6) is 0 Å². The average Bonchev–Trinajstić information content (AvgIpc) is 3.24. The molecule has 0 saturated carbocycles. The summed E-state index contributed by atoms with van der Waals surface area (Å²) in [6.45, 7) is 2.48. The van der Waals surface area contributed by atoms with E-state index in [2.05, 4.69) is 10.3 Å². The normalized spacial score (nSPS) is 14.1. The van der Waals surface area contributed by atoms with Crippen molar-refractivity contribution in [3.05, 3.63) is 53.1 Å². The predicted octanol–water partition coefficient (Wildman–Crippen LogP) is 2.64. The monoisotopic (exact) mass is 410 g/mol. The van der Waals surface area contributed by atoms with Gasteiger partial charge in [0.1, 0.15) is 11.4 Å². The maximum Gasteiger partial charge on any atom is 0.423 e. The van der Waals surface area contributed by atoms with E-state index in [9.17, 15) is 33.0 Å². The molecule has 3 aromatic rings. The topological polar surface area (TPSA) is 110 Å². The number of carboxylic acids is 1. The number of Topliss-reactive ketones (excluding diaryl/α,β-unsaturated/α-hetero) is 1. The molecule has 0 bridgehead atoms. The number of hydrogen-bond donors (Lipinski definition) is 2. The lowest BCUT2D eigenvalue weighted by atomic mass is 9.96. The minimum atomic E-state index is -4.90. The van der Waals surface area contributed by atoms with Gasteiger partial charge in [-0.05, 0) is 30.2 Å². The molecule has 3 aromatic heterocycles. The van der Waals surface area contributed by atoms with Gasteiger partial charge in [0.25, 0.3) is 0 Å². The van der Waals surface area contributed by atoms with Gasteiger partial charge in [0.05, 0.1) is 18.3 Å².